The Hall–Kier alpha value is -1.72. The monoisotopic (exact) mass is 257 g/mol. The van der Waals surface area contributed by atoms with Gasteiger partial charge in [0.15, 0.2) is 0 Å². The maximum Gasteiger partial charge on any atom is 0.332 e. The molecule has 0 unspecified atom stereocenters. The fourth-order valence-corrected chi connectivity index (χ4v) is 1.23. The molecule has 6 nitrogen and oxygen atoms in total. The first kappa shape index (κ1) is 16.3. The molecule has 0 aromatic heterocycles. The van der Waals surface area contributed by atoms with E-state index < -0.39 is 11.9 Å². The molecule has 0 saturated heterocycles. The summed E-state index contributed by atoms with van der Waals surface area (Å²) in [5.74, 6) is -0.843. The lowest BCUT2D eigenvalue weighted by atomic mass is 10.1. The number of hydrogen-bond acceptors (Lipinski definition) is 5. The molecule has 6 heteroatoms. The lowest BCUT2D eigenvalue weighted by Crippen LogP contribution is -2.29. The van der Waals surface area contributed by atoms with Crippen molar-refractivity contribution in [2.75, 3.05) is 7.05 Å². The third-order valence-corrected chi connectivity index (χ3v) is 2.23. The lowest BCUT2D eigenvalue weighted by Gasteiger charge is -2.15. The number of unbranched alkanes of at least 4 members (excludes halogenated alkanes) is 1. The van der Waals surface area contributed by atoms with E-state index in [0.29, 0.717) is 25.5 Å². The maximum atomic E-state index is 11.3. The third-order valence-electron chi connectivity index (χ3n) is 2.23. The van der Waals surface area contributed by atoms with Crippen LogP contribution in [-0.2, 0) is 24.0 Å². The highest BCUT2D eigenvalue weighted by atomic mass is 16.7. The number of Topliss-reactive ketones (excluding diaryl/α,β-unsaturated/α-hetero) is 1. The van der Waals surface area contributed by atoms with Crippen molar-refractivity contribution in [1.29, 1.82) is 0 Å². The Morgan fingerprint density at radius 3 is 2.28 bits per heavy atom. The molecular weight excluding hydrogens is 238 g/mol. The van der Waals surface area contributed by atoms with Gasteiger partial charge in [0, 0.05) is 32.7 Å². The number of amides is 1. The zero-order chi connectivity index (χ0) is 14.0. The van der Waals surface area contributed by atoms with Crippen LogP contribution in [0.3, 0.4) is 0 Å². The SMILES string of the molecule is CC(=O)CCCCC(=O)ON(C)C(=O)CCC=O. The fourth-order valence-electron chi connectivity index (χ4n) is 1.23. The van der Waals surface area contributed by atoms with Crippen LogP contribution < -0.4 is 0 Å². The van der Waals surface area contributed by atoms with Crippen molar-refractivity contribution in [3.05, 3.63) is 0 Å². The van der Waals surface area contributed by atoms with Crippen molar-refractivity contribution in [2.24, 2.45) is 0 Å². The average molecular weight is 257 g/mol. The van der Waals surface area contributed by atoms with Crippen LogP contribution >= 0.6 is 0 Å². The van der Waals surface area contributed by atoms with Gasteiger partial charge in [0.25, 0.3) is 5.91 Å². The number of rotatable bonds is 8. The molecule has 18 heavy (non-hydrogen) atoms. The number of hydrogen-bond donors (Lipinski definition) is 0. The van der Waals surface area contributed by atoms with Crippen molar-refractivity contribution in [1.82, 2.24) is 5.06 Å². The molecule has 0 fully saturated rings. The highest BCUT2D eigenvalue weighted by Crippen LogP contribution is 2.04. The number of carbonyl (C=O) groups excluding carboxylic acids is 4. The second-order valence-electron chi connectivity index (χ2n) is 3.97. The summed E-state index contributed by atoms with van der Waals surface area (Å²) in [4.78, 5) is 48.1. The molecule has 0 aliphatic heterocycles. The zero-order valence-electron chi connectivity index (χ0n) is 10.8. The van der Waals surface area contributed by atoms with Gasteiger partial charge in [-0.2, -0.15) is 5.06 Å². The standard InChI is InChI=1S/C12H19NO5/c1-10(15)6-3-4-8-12(17)18-13(2)11(16)7-5-9-14/h9H,3-8H2,1-2H3. The zero-order valence-corrected chi connectivity index (χ0v) is 10.8. The Kier molecular flexibility index (Phi) is 8.43. The van der Waals surface area contributed by atoms with Gasteiger partial charge in [0.05, 0.1) is 0 Å². The van der Waals surface area contributed by atoms with Crippen LogP contribution in [0.5, 0.6) is 0 Å². The Morgan fingerprint density at radius 1 is 1.11 bits per heavy atom. The smallest absolute Gasteiger partial charge is 0.332 e. The number of ketones is 1. The molecule has 0 aliphatic carbocycles. The summed E-state index contributed by atoms with van der Waals surface area (Å²) < 4.78 is 0. The molecule has 0 spiro atoms. The lowest BCUT2D eigenvalue weighted by molar-refractivity contribution is -0.192. The van der Waals surface area contributed by atoms with Crippen LogP contribution in [0.2, 0.25) is 0 Å². The van der Waals surface area contributed by atoms with E-state index in [-0.39, 0.29) is 25.0 Å². The van der Waals surface area contributed by atoms with Gasteiger partial charge in [-0.3, -0.25) is 4.79 Å². The van der Waals surface area contributed by atoms with E-state index in [1.165, 1.54) is 14.0 Å². The minimum Gasteiger partial charge on any atom is -0.338 e. The van der Waals surface area contributed by atoms with Gasteiger partial charge in [-0.05, 0) is 19.8 Å². The van der Waals surface area contributed by atoms with Gasteiger partial charge in [0.2, 0.25) is 0 Å². The number of aldehydes is 1. The van der Waals surface area contributed by atoms with Gasteiger partial charge in [-0.1, -0.05) is 0 Å². The van der Waals surface area contributed by atoms with E-state index in [2.05, 4.69) is 0 Å². The van der Waals surface area contributed by atoms with Gasteiger partial charge in [-0.15, -0.1) is 0 Å². The molecule has 0 heterocycles. The minimum absolute atomic E-state index is 0.0254. The van der Waals surface area contributed by atoms with E-state index in [1.807, 2.05) is 0 Å². The van der Waals surface area contributed by atoms with Crippen LogP contribution in [-0.4, -0.2) is 36.1 Å². The molecule has 0 N–H and O–H groups in total. The Labute approximate surface area is 106 Å². The number of nitrogens with zero attached hydrogens (tertiary/aromatic N) is 1. The van der Waals surface area contributed by atoms with Gasteiger partial charge in [0.1, 0.15) is 12.1 Å². The summed E-state index contributed by atoms with van der Waals surface area (Å²) in [6, 6.07) is 0. The van der Waals surface area contributed by atoms with Crippen LogP contribution in [0.25, 0.3) is 0 Å². The highest BCUT2D eigenvalue weighted by Gasteiger charge is 2.13. The van der Waals surface area contributed by atoms with E-state index in [4.69, 9.17) is 4.84 Å². The Balaban J connectivity index is 3.76. The van der Waals surface area contributed by atoms with E-state index >= 15 is 0 Å². The van der Waals surface area contributed by atoms with Crippen molar-refractivity contribution in [3.8, 4) is 0 Å². The molecule has 0 aliphatic rings. The summed E-state index contributed by atoms with van der Waals surface area (Å²) in [5, 5.41) is 0.844. The largest absolute Gasteiger partial charge is 0.338 e. The second kappa shape index (κ2) is 9.32. The predicted molar refractivity (Wildman–Crippen MR) is 63.3 cm³/mol. The topological polar surface area (TPSA) is 80.8 Å². The van der Waals surface area contributed by atoms with Crippen LogP contribution in [0, 0.1) is 0 Å². The Bertz CT molecular complexity index is 314. The second-order valence-corrected chi connectivity index (χ2v) is 3.97. The van der Waals surface area contributed by atoms with E-state index in [0.717, 1.165) is 5.06 Å². The molecular formula is C12H19NO5. The van der Waals surface area contributed by atoms with Gasteiger partial charge < -0.3 is 14.4 Å². The van der Waals surface area contributed by atoms with Crippen molar-refractivity contribution in [3.63, 3.8) is 0 Å². The van der Waals surface area contributed by atoms with Gasteiger partial charge in [-0.25, -0.2) is 4.79 Å². The van der Waals surface area contributed by atoms with Crippen LogP contribution in [0.15, 0.2) is 0 Å². The first-order chi connectivity index (χ1) is 8.47. The quantitative estimate of drug-likeness (QED) is 0.368. The molecule has 1 amide bonds. The first-order valence-electron chi connectivity index (χ1n) is 5.87. The molecule has 0 atom stereocenters. The molecule has 0 saturated carbocycles. The molecule has 0 aromatic carbocycles. The Morgan fingerprint density at radius 2 is 1.72 bits per heavy atom. The summed E-state index contributed by atoms with van der Waals surface area (Å²) in [6.45, 7) is 1.50. The van der Waals surface area contributed by atoms with E-state index in [9.17, 15) is 19.2 Å². The first-order valence-corrected chi connectivity index (χ1v) is 5.87. The van der Waals surface area contributed by atoms with Crippen molar-refractivity contribution < 1.29 is 24.0 Å². The molecule has 0 radical (unpaired) electrons. The molecule has 0 rings (SSSR count). The summed E-state index contributed by atoms with van der Waals surface area (Å²) in [5.41, 5.74) is 0. The summed E-state index contributed by atoms with van der Waals surface area (Å²) in [7, 11) is 1.33. The number of hydroxylamine groups is 2. The minimum atomic E-state index is -0.513. The average Bonchev–Trinajstić information content (AvgIpc) is 2.31. The molecule has 0 bridgehead atoms. The molecule has 0 aromatic rings. The van der Waals surface area contributed by atoms with Gasteiger partial charge >= 0.3 is 5.97 Å². The van der Waals surface area contributed by atoms with Crippen molar-refractivity contribution in [2.45, 2.75) is 45.4 Å². The highest BCUT2D eigenvalue weighted by molar-refractivity contribution is 5.79. The normalized spacial score (nSPS) is 9.67. The van der Waals surface area contributed by atoms with E-state index in [1.54, 1.807) is 0 Å². The van der Waals surface area contributed by atoms with Crippen LogP contribution in [0.4, 0.5) is 0 Å². The summed E-state index contributed by atoms with van der Waals surface area (Å²) in [6.07, 6.45) is 2.56. The van der Waals surface area contributed by atoms with Crippen molar-refractivity contribution >= 4 is 23.9 Å². The predicted octanol–water partition coefficient (Wildman–Crippen LogP) is 1.03. The third kappa shape index (κ3) is 8.43. The summed E-state index contributed by atoms with van der Waals surface area (Å²) >= 11 is 0. The van der Waals surface area contributed by atoms with Crippen LogP contribution in [0.1, 0.15) is 45.4 Å². The maximum absolute atomic E-state index is 11.3. The number of carbonyl (C=O) groups is 4. The fraction of sp³-hybridized carbons (Fsp3) is 0.667. The molecule has 102 valence electrons.